The number of thioether (sulfide) groups is 1. The summed E-state index contributed by atoms with van der Waals surface area (Å²) in [7, 11) is 3.69. The van der Waals surface area contributed by atoms with Crippen molar-refractivity contribution in [2.24, 2.45) is 19.5 Å². The number of benzene rings is 3. The summed E-state index contributed by atoms with van der Waals surface area (Å²) in [5.41, 5.74) is 3.69. The highest BCUT2D eigenvalue weighted by Crippen LogP contribution is 2.53. The summed E-state index contributed by atoms with van der Waals surface area (Å²) in [6.07, 6.45) is 8.77. The summed E-state index contributed by atoms with van der Waals surface area (Å²) in [6.45, 7) is 4.35. The second-order valence-electron chi connectivity index (χ2n) is 14.1. The first-order valence-corrected chi connectivity index (χ1v) is 18.7. The fourth-order valence-electron chi connectivity index (χ4n) is 7.36. The average molecular weight is 699 g/mol. The fraction of sp³-hybridized carbons (Fsp3) is 0.425. The van der Waals surface area contributed by atoms with Crippen molar-refractivity contribution in [3.8, 4) is 22.9 Å². The zero-order chi connectivity index (χ0) is 35.0. The highest BCUT2D eigenvalue weighted by Gasteiger charge is 2.43. The highest BCUT2D eigenvalue weighted by atomic mass is 32.2. The lowest BCUT2D eigenvalue weighted by molar-refractivity contribution is -0.143. The molecule has 7 nitrogen and oxygen atoms in total. The summed E-state index contributed by atoms with van der Waals surface area (Å²) < 4.78 is 46.5. The van der Waals surface area contributed by atoms with Crippen molar-refractivity contribution in [1.29, 1.82) is 0 Å². The van der Waals surface area contributed by atoms with Crippen LogP contribution in [0.1, 0.15) is 74.9 Å². The molecule has 1 unspecified atom stereocenters. The van der Waals surface area contributed by atoms with Crippen LogP contribution in [0.25, 0.3) is 22.3 Å². The maximum Gasteiger partial charge on any atom is 0.306 e. The largest absolute Gasteiger partial charge is 0.466 e. The van der Waals surface area contributed by atoms with E-state index in [2.05, 4.69) is 19.1 Å². The molecule has 7 rings (SSSR count). The molecule has 1 spiro atoms. The third-order valence-electron chi connectivity index (χ3n) is 10.6. The van der Waals surface area contributed by atoms with Gasteiger partial charge in [-0.05, 0) is 105 Å². The summed E-state index contributed by atoms with van der Waals surface area (Å²) in [4.78, 5) is 17.2. The van der Waals surface area contributed by atoms with E-state index < -0.39 is 17.0 Å². The van der Waals surface area contributed by atoms with Crippen LogP contribution in [0.5, 0.6) is 11.5 Å². The minimum Gasteiger partial charge on any atom is -0.466 e. The van der Waals surface area contributed by atoms with Gasteiger partial charge >= 0.3 is 5.97 Å². The molecule has 1 fully saturated rings. The van der Waals surface area contributed by atoms with Crippen molar-refractivity contribution in [3.63, 3.8) is 0 Å². The zero-order valence-corrected chi connectivity index (χ0v) is 30.0. The Morgan fingerprint density at radius 3 is 2.68 bits per heavy atom. The van der Waals surface area contributed by atoms with E-state index >= 15 is 8.78 Å². The monoisotopic (exact) mass is 698 g/mol. The quantitative estimate of drug-likeness (QED) is 0.171. The van der Waals surface area contributed by atoms with Crippen molar-refractivity contribution >= 4 is 28.6 Å². The number of carbonyl (C=O) groups excluding carboxylic acids is 1. The second kappa shape index (κ2) is 13.9. The van der Waals surface area contributed by atoms with E-state index in [0.29, 0.717) is 48.7 Å². The van der Waals surface area contributed by atoms with Crippen LogP contribution < -0.4 is 4.74 Å². The van der Waals surface area contributed by atoms with Crippen LogP contribution in [0.15, 0.2) is 60.8 Å². The molecule has 50 heavy (non-hydrogen) atoms. The van der Waals surface area contributed by atoms with Gasteiger partial charge in [0.2, 0.25) is 0 Å². The number of nitrogens with zero attached hydrogens (tertiary/aromatic N) is 4. The van der Waals surface area contributed by atoms with Crippen molar-refractivity contribution in [3.05, 3.63) is 94.9 Å². The number of hydrogen-bond acceptors (Lipinski definition) is 6. The number of aromatic nitrogens is 4. The number of halogens is 2. The fourth-order valence-corrected chi connectivity index (χ4v) is 8.71. The molecule has 4 bridgehead atoms. The normalized spacial score (nSPS) is 19.0. The average Bonchev–Trinajstić information content (AvgIpc) is 3.61. The van der Waals surface area contributed by atoms with Crippen LogP contribution in [0.4, 0.5) is 8.78 Å². The summed E-state index contributed by atoms with van der Waals surface area (Å²) >= 11 is 1.93. The molecular formula is C40H44F2N4O3S. The van der Waals surface area contributed by atoms with Crippen LogP contribution in [0, 0.1) is 17.0 Å². The van der Waals surface area contributed by atoms with Gasteiger partial charge < -0.3 is 14.0 Å². The molecule has 1 saturated carbocycles. The Morgan fingerprint density at radius 1 is 1.04 bits per heavy atom. The van der Waals surface area contributed by atoms with Gasteiger partial charge in [0, 0.05) is 43.7 Å². The standard InChI is InChI=1S/C40H44F2N4O3S/c1-5-48-35(47)13-10-26-8-6-9-27(22-26)39(2)16-7-17-40(18-19-40)25-50-21-15-30-29-14-20-45(3)34(29)24-33(42)36(30)49-28-11-12-32(41)31(23-28)37-43-38(39)44-46(37)4/h6,8-9,11-12,14,20,22-24H,5,7,10,13,15-19,21,25H2,1-4H3. The number of ether oxygens (including phenoxy) is 2. The number of rotatable bonds is 5. The number of hydrogen-bond donors (Lipinski definition) is 0. The summed E-state index contributed by atoms with van der Waals surface area (Å²) in [5, 5.41) is 5.88. The molecule has 0 N–H and O–H groups in total. The smallest absolute Gasteiger partial charge is 0.306 e. The van der Waals surface area contributed by atoms with E-state index in [1.165, 1.54) is 31.0 Å². The van der Waals surface area contributed by atoms with Gasteiger partial charge in [0.25, 0.3) is 0 Å². The van der Waals surface area contributed by atoms with E-state index in [-0.39, 0.29) is 17.3 Å². The lowest BCUT2D eigenvalue weighted by Crippen LogP contribution is -2.26. The van der Waals surface area contributed by atoms with E-state index in [0.717, 1.165) is 58.4 Å². The van der Waals surface area contributed by atoms with Crippen LogP contribution >= 0.6 is 11.8 Å². The van der Waals surface area contributed by atoms with E-state index in [9.17, 15) is 4.79 Å². The minimum atomic E-state index is -0.571. The van der Waals surface area contributed by atoms with Gasteiger partial charge in [-0.2, -0.15) is 16.9 Å². The van der Waals surface area contributed by atoms with Gasteiger partial charge in [-0.3, -0.25) is 4.79 Å². The minimum absolute atomic E-state index is 0.179. The zero-order valence-electron chi connectivity index (χ0n) is 29.2. The van der Waals surface area contributed by atoms with Crippen LogP contribution in [0.2, 0.25) is 0 Å². The molecule has 10 heteroatoms. The Balaban J connectivity index is 1.30. The molecule has 1 aliphatic heterocycles. The molecule has 0 saturated heterocycles. The molecular weight excluding hydrogens is 655 g/mol. The van der Waals surface area contributed by atoms with Gasteiger partial charge in [0.1, 0.15) is 11.6 Å². The molecule has 5 aromatic rings. The van der Waals surface area contributed by atoms with Gasteiger partial charge in [-0.25, -0.2) is 18.4 Å². The molecule has 2 aromatic heterocycles. The molecule has 3 heterocycles. The Morgan fingerprint density at radius 2 is 1.88 bits per heavy atom. The first-order valence-electron chi connectivity index (χ1n) is 17.6. The number of fused-ring (bicyclic) bond motifs is 8. The highest BCUT2D eigenvalue weighted by molar-refractivity contribution is 7.99. The van der Waals surface area contributed by atoms with Crippen LogP contribution in [0.3, 0.4) is 0 Å². The SMILES string of the molecule is CCOC(=O)CCc1cccc(C2(C)CCCC3(CC3)CSCCc3c(c(F)cc4c3ccn4C)Oc3ccc(F)c(c3)-c3nc2nn3C)c1. The topological polar surface area (TPSA) is 71.2 Å². The lowest BCUT2D eigenvalue weighted by atomic mass is 9.76. The maximum atomic E-state index is 15.8. The van der Waals surface area contributed by atoms with Crippen molar-refractivity contribution < 1.29 is 23.0 Å². The first kappa shape index (κ1) is 34.3. The molecule has 3 aromatic carbocycles. The Labute approximate surface area is 296 Å². The third-order valence-corrected chi connectivity index (χ3v) is 11.9. The lowest BCUT2D eigenvalue weighted by Gasteiger charge is -2.29. The molecule has 1 aliphatic carbocycles. The van der Waals surface area contributed by atoms with Crippen molar-refractivity contribution in [2.75, 3.05) is 18.1 Å². The van der Waals surface area contributed by atoms with Gasteiger partial charge in [-0.15, -0.1) is 0 Å². The summed E-state index contributed by atoms with van der Waals surface area (Å²) in [6, 6.07) is 16.3. The molecule has 0 radical (unpaired) electrons. The second-order valence-corrected chi connectivity index (χ2v) is 15.3. The molecule has 2 aliphatic rings. The third kappa shape index (κ3) is 6.78. The Bertz CT molecular complexity index is 2050. The molecule has 1 atom stereocenters. The van der Waals surface area contributed by atoms with Gasteiger partial charge in [0.15, 0.2) is 23.2 Å². The van der Waals surface area contributed by atoms with Crippen molar-refractivity contribution in [1.82, 2.24) is 19.3 Å². The number of carbonyl (C=O) groups is 1. The molecule has 262 valence electrons. The van der Waals surface area contributed by atoms with Crippen LogP contribution in [-0.4, -0.2) is 43.4 Å². The number of esters is 1. The maximum absolute atomic E-state index is 15.8. The summed E-state index contributed by atoms with van der Waals surface area (Å²) in [5.74, 6) is 2.24. The van der Waals surface area contributed by atoms with E-state index in [1.807, 2.05) is 54.7 Å². The van der Waals surface area contributed by atoms with Gasteiger partial charge in [0.05, 0.1) is 23.1 Å². The van der Waals surface area contributed by atoms with E-state index in [1.54, 1.807) is 17.8 Å². The predicted octanol–water partition coefficient (Wildman–Crippen LogP) is 9.09. The van der Waals surface area contributed by atoms with E-state index in [4.69, 9.17) is 19.6 Å². The predicted molar refractivity (Wildman–Crippen MR) is 194 cm³/mol. The molecule has 0 amide bonds. The number of aryl methyl sites for hydroxylation is 4. The van der Waals surface area contributed by atoms with Crippen LogP contribution in [-0.2, 0) is 41.9 Å². The first-order chi connectivity index (χ1) is 24.1. The Kier molecular flexibility index (Phi) is 9.50. The Hall–Kier alpha value is -4.18. The van der Waals surface area contributed by atoms with Gasteiger partial charge in [-0.1, -0.05) is 30.7 Å². The van der Waals surface area contributed by atoms with Crippen molar-refractivity contribution in [2.45, 2.75) is 70.6 Å².